The molecule has 15 heavy (non-hydrogen) atoms. The van der Waals surface area contributed by atoms with E-state index in [0.717, 1.165) is 6.54 Å². The number of hydrogen-bond donors (Lipinski definition) is 1. The summed E-state index contributed by atoms with van der Waals surface area (Å²) < 4.78 is 0. The van der Waals surface area contributed by atoms with Gasteiger partial charge in [-0.05, 0) is 39.2 Å². The van der Waals surface area contributed by atoms with Crippen LogP contribution in [0.25, 0.3) is 0 Å². The second-order valence-electron chi connectivity index (χ2n) is 5.38. The Labute approximate surface area is 96.2 Å². The minimum Gasteiger partial charge on any atom is -0.329 e. The van der Waals surface area contributed by atoms with Gasteiger partial charge >= 0.3 is 0 Å². The molecule has 0 aliphatic rings. The van der Waals surface area contributed by atoms with Gasteiger partial charge in [-0.15, -0.1) is 0 Å². The third-order valence-corrected chi connectivity index (χ3v) is 3.63. The minimum atomic E-state index is 0.158. The molecule has 92 valence electrons. The summed E-state index contributed by atoms with van der Waals surface area (Å²) in [6, 6.07) is 0.664. The Kier molecular flexibility index (Phi) is 6.46. The molecule has 0 aliphatic heterocycles. The van der Waals surface area contributed by atoms with Gasteiger partial charge in [-0.2, -0.15) is 0 Å². The predicted octanol–water partition coefficient (Wildman–Crippen LogP) is 2.87. The van der Waals surface area contributed by atoms with Crippen LogP contribution in [0.2, 0.25) is 0 Å². The molecule has 0 radical (unpaired) electrons. The second kappa shape index (κ2) is 6.49. The quantitative estimate of drug-likeness (QED) is 0.706. The molecule has 2 heteroatoms. The van der Waals surface area contributed by atoms with E-state index in [1.54, 1.807) is 0 Å². The van der Waals surface area contributed by atoms with Gasteiger partial charge in [0.2, 0.25) is 0 Å². The van der Waals surface area contributed by atoms with Crippen LogP contribution in [-0.4, -0.2) is 30.1 Å². The normalized spacial score (nSPS) is 16.4. The SMILES string of the molecule is CCC(CC)N(C)C(C)(CN)CC(C)C. The van der Waals surface area contributed by atoms with Crippen molar-refractivity contribution in [1.82, 2.24) is 4.90 Å². The summed E-state index contributed by atoms with van der Waals surface area (Å²) in [6.07, 6.45) is 3.60. The maximum atomic E-state index is 5.96. The van der Waals surface area contributed by atoms with E-state index < -0.39 is 0 Å². The fourth-order valence-electron chi connectivity index (χ4n) is 2.53. The van der Waals surface area contributed by atoms with E-state index in [0.29, 0.717) is 12.0 Å². The Hall–Kier alpha value is -0.0800. The van der Waals surface area contributed by atoms with Crippen LogP contribution in [0, 0.1) is 5.92 Å². The zero-order valence-electron chi connectivity index (χ0n) is 11.5. The standard InChI is InChI=1S/C13H30N2/c1-7-12(8-2)15(6)13(5,10-14)9-11(3)4/h11-12H,7-10,14H2,1-6H3. The Morgan fingerprint density at radius 1 is 1.20 bits per heavy atom. The first-order valence-electron chi connectivity index (χ1n) is 6.34. The molecule has 2 N–H and O–H groups in total. The topological polar surface area (TPSA) is 29.3 Å². The van der Waals surface area contributed by atoms with Crippen molar-refractivity contribution in [3.8, 4) is 0 Å². The largest absolute Gasteiger partial charge is 0.329 e. The van der Waals surface area contributed by atoms with Gasteiger partial charge in [-0.3, -0.25) is 4.90 Å². The summed E-state index contributed by atoms with van der Waals surface area (Å²) in [4.78, 5) is 2.49. The van der Waals surface area contributed by atoms with Gasteiger partial charge in [0, 0.05) is 18.1 Å². The fourth-order valence-corrected chi connectivity index (χ4v) is 2.53. The number of likely N-dealkylation sites (N-methyl/N-ethyl adjacent to an activating group) is 1. The zero-order valence-corrected chi connectivity index (χ0v) is 11.5. The minimum absolute atomic E-state index is 0.158. The molecule has 1 atom stereocenters. The van der Waals surface area contributed by atoms with E-state index in [1.807, 2.05) is 0 Å². The van der Waals surface area contributed by atoms with E-state index >= 15 is 0 Å². The molecule has 0 aromatic heterocycles. The maximum absolute atomic E-state index is 5.96. The molecule has 0 saturated carbocycles. The third-order valence-electron chi connectivity index (χ3n) is 3.63. The highest BCUT2D eigenvalue weighted by atomic mass is 15.2. The lowest BCUT2D eigenvalue weighted by atomic mass is 9.87. The Morgan fingerprint density at radius 2 is 1.67 bits per heavy atom. The van der Waals surface area contributed by atoms with Crippen LogP contribution in [0.5, 0.6) is 0 Å². The van der Waals surface area contributed by atoms with Gasteiger partial charge < -0.3 is 5.73 Å². The molecule has 0 fully saturated rings. The fraction of sp³-hybridized carbons (Fsp3) is 1.00. The lowest BCUT2D eigenvalue weighted by Gasteiger charge is -2.43. The lowest BCUT2D eigenvalue weighted by molar-refractivity contribution is 0.0686. The average molecular weight is 214 g/mol. The zero-order chi connectivity index (χ0) is 12.1. The van der Waals surface area contributed by atoms with Gasteiger partial charge in [0.1, 0.15) is 0 Å². The van der Waals surface area contributed by atoms with Crippen LogP contribution in [0.4, 0.5) is 0 Å². The van der Waals surface area contributed by atoms with Crippen molar-refractivity contribution in [2.45, 2.75) is 65.5 Å². The smallest absolute Gasteiger partial charge is 0.0305 e. The van der Waals surface area contributed by atoms with Crippen molar-refractivity contribution in [2.24, 2.45) is 11.7 Å². The number of nitrogens with two attached hydrogens (primary N) is 1. The van der Waals surface area contributed by atoms with Gasteiger partial charge in [-0.25, -0.2) is 0 Å². The number of nitrogens with zero attached hydrogens (tertiary/aromatic N) is 1. The van der Waals surface area contributed by atoms with Gasteiger partial charge in [0.15, 0.2) is 0 Å². The van der Waals surface area contributed by atoms with Crippen LogP contribution in [-0.2, 0) is 0 Å². The van der Waals surface area contributed by atoms with Gasteiger partial charge in [0.05, 0.1) is 0 Å². The van der Waals surface area contributed by atoms with Crippen molar-refractivity contribution in [3.63, 3.8) is 0 Å². The molecular weight excluding hydrogens is 184 g/mol. The van der Waals surface area contributed by atoms with Crippen molar-refractivity contribution in [2.75, 3.05) is 13.6 Å². The van der Waals surface area contributed by atoms with Crippen molar-refractivity contribution < 1.29 is 0 Å². The molecule has 0 rings (SSSR count). The molecule has 0 amide bonds. The summed E-state index contributed by atoms with van der Waals surface area (Å²) in [5.74, 6) is 0.704. The molecule has 0 saturated heterocycles. The van der Waals surface area contributed by atoms with Crippen LogP contribution in [0.15, 0.2) is 0 Å². The Balaban J connectivity index is 4.61. The third kappa shape index (κ3) is 4.12. The average Bonchev–Trinajstić information content (AvgIpc) is 2.18. The lowest BCUT2D eigenvalue weighted by Crippen LogP contribution is -2.54. The molecule has 0 aromatic carbocycles. The highest BCUT2D eigenvalue weighted by molar-refractivity contribution is 4.89. The van der Waals surface area contributed by atoms with Crippen molar-refractivity contribution >= 4 is 0 Å². The molecule has 0 aliphatic carbocycles. The molecule has 0 spiro atoms. The monoisotopic (exact) mass is 214 g/mol. The van der Waals surface area contributed by atoms with Crippen molar-refractivity contribution in [3.05, 3.63) is 0 Å². The summed E-state index contributed by atoms with van der Waals surface area (Å²) >= 11 is 0. The predicted molar refractivity (Wildman–Crippen MR) is 69.0 cm³/mol. The first-order chi connectivity index (χ1) is 6.91. The Bertz CT molecular complexity index is 164. The molecule has 1 unspecified atom stereocenters. The molecule has 0 heterocycles. The summed E-state index contributed by atoms with van der Waals surface area (Å²) in [7, 11) is 2.23. The second-order valence-corrected chi connectivity index (χ2v) is 5.38. The summed E-state index contributed by atoms with van der Waals surface area (Å²) in [6.45, 7) is 12.1. The van der Waals surface area contributed by atoms with Gasteiger partial charge in [0.25, 0.3) is 0 Å². The van der Waals surface area contributed by atoms with E-state index in [9.17, 15) is 0 Å². The van der Waals surface area contributed by atoms with Crippen molar-refractivity contribution in [1.29, 1.82) is 0 Å². The summed E-state index contributed by atoms with van der Waals surface area (Å²) in [5.41, 5.74) is 6.12. The number of rotatable bonds is 7. The highest BCUT2D eigenvalue weighted by Gasteiger charge is 2.31. The van der Waals surface area contributed by atoms with E-state index in [-0.39, 0.29) is 5.54 Å². The van der Waals surface area contributed by atoms with Crippen LogP contribution < -0.4 is 5.73 Å². The first kappa shape index (κ1) is 14.9. The Morgan fingerprint density at radius 3 is 1.93 bits per heavy atom. The van der Waals surface area contributed by atoms with E-state index in [2.05, 4.69) is 46.6 Å². The highest BCUT2D eigenvalue weighted by Crippen LogP contribution is 2.25. The van der Waals surface area contributed by atoms with Crippen LogP contribution >= 0.6 is 0 Å². The van der Waals surface area contributed by atoms with E-state index in [1.165, 1.54) is 19.3 Å². The van der Waals surface area contributed by atoms with Crippen LogP contribution in [0.1, 0.15) is 53.9 Å². The molecule has 0 aromatic rings. The van der Waals surface area contributed by atoms with Crippen LogP contribution in [0.3, 0.4) is 0 Å². The molecule has 0 bridgehead atoms. The molecule has 2 nitrogen and oxygen atoms in total. The molecular formula is C13H30N2. The first-order valence-corrected chi connectivity index (χ1v) is 6.34. The van der Waals surface area contributed by atoms with E-state index in [4.69, 9.17) is 5.73 Å². The van der Waals surface area contributed by atoms with Gasteiger partial charge in [-0.1, -0.05) is 27.7 Å². The number of hydrogen-bond acceptors (Lipinski definition) is 2. The maximum Gasteiger partial charge on any atom is 0.0305 e. The summed E-state index contributed by atoms with van der Waals surface area (Å²) in [5, 5.41) is 0.